The van der Waals surface area contributed by atoms with Crippen molar-refractivity contribution in [3.63, 3.8) is 0 Å². The van der Waals surface area contributed by atoms with E-state index in [1.807, 2.05) is 6.20 Å². The topological polar surface area (TPSA) is 39.2 Å². The van der Waals surface area contributed by atoms with E-state index in [0.717, 1.165) is 30.6 Å². The fraction of sp³-hybridized carbons (Fsp3) is 0.704. The Bertz CT molecular complexity index is 863. The highest BCUT2D eigenvalue weighted by atomic mass is 16.5. The summed E-state index contributed by atoms with van der Waals surface area (Å²) in [6, 6.07) is 4.32. The second-order valence-corrected chi connectivity index (χ2v) is 11.4. The van der Waals surface area contributed by atoms with Crippen molar-refractivity contribution in [1.82, 2.24) is 4.98 Å². The number of pyridine rings is 1. The second-order valence-electron chi connectivity index (χ2n) is 11.4. The Morgan fingerprint density at radius 2 is 1.93 bits per heavy atom. The highest BCUT2D eigenvalue weighted by molar-refractivity contribution is 5.72. The normalized spacial score (nSPS) is 45.0. The molecular formula is C27H37NO2. The van der Waals surface area contributed by atoms with Crippen molar-refractivity contribution in [2.24, 2.45) is 34.0 Å². The summed E-state index contributed by atoms with van der Waals surface area (Å²) in [4.78, 5) is 16.0. The summed E-state index contributed by atoms with van der Waals surface area (Å²) >= 11 is 0. The molecule has 162 valence electrons. The van der Waals surface area contributed by atoms with E-state index in [1.54, 1.807) is 12.5 Å². The van der Waals surface area contributed by atoms with Crippen molar-refractivity contribution >= 4 is 11.5 Å². The van der Waals surface area contributed by atoms with Crippen molar-refractivity contribution in [2.45, 2.75) is 85.2 Å². The maximum atomic E-state index is 11.6. The van der Waals surface area contributed by atoms with Crippen molar-refractivity contribution in [3.05, 3.63) is 36.2 Å². The summed E-state index contributed by atoms with van der Waals surface area (Å²) in [7, 11) is 0. The Balaban J connectivity index is 1.40. The minimum absolute atomic E-state index is 0.116. The fourth-order valence-electron chi connectivity index (χ4n) is 8.46. The Morgan fingerprint density at radius 1 is 1.10 bits per heavy atom. The van der Waals surface area contributed by atoms with Crippen LogP contribution in [-0.4, -0.2) is 17.1 Å². The summed E-state index contributed by atoms with van der Waals surface area (Å²) in [6.07, 6.45) is 16.3. The quantitative estimate of drug-likeness (QED) is 0.530. The zero-order valence-electron chi connectivity index (χ0n) is 19.1. The smallest absolute Gasteiger partial charge is 0.302 e. The van der Waals surface area contributed by atoms with E-state index in [9.17, 15) is 4.79 Å². The standard InChI is InChI=1S/C27H37NO2/c1-18(29)30-20-9-14-27(4)24-11-13-26(3)22(19-6-5-15-28-17-19)7-8-23(26)21(24)10-12-25(27,2)16-20/h5-7,15,17,20-21,23-24H,8-14,16H2,1-4H3/t20-,21?,23?,24?,25-,26+,27+/m0/s1. The van der Waals surface area contributed by atoms with Crippen molar-refractivity contribution in [1.29, 1.82) is 0 Å². The first-order valence-electron chi connectivity index (χ1n) is 12.1. The van der Waals surface area contributed by atoms with Crippen LogP contribution in [0.4, 0.5) is 0 Å². The van der Waals surface area contributed by atoms with Gasteiger partial charge in [0.15, 0.2) is 0 Å². The monoisotopic (exact) mass is 407 g/mol. The van der Waals surface area contributed by atoms with Gasteiger partial charge in [-0.1, -0.05) is 32.9 Å². The van der Waals surface area contributed by atoms with Crippen LogP contribution in [0, 0.1) is 34.0 Å². The third kappa shape index (κ3) is 2.83. The number of nitrogens with zero attached hydrogens (tertiary/aromatic N) is 1. The van der Waals surface area contributed by atoms with Gasteiger partial charge in [-0.25, -0.2) is 0 Å². The summed E-state index contributed by atoms with van der Waals surface area (Å²) in [5.74, 6) is 2.26. The van der Waals surface area contributed by atoms with Crippen LogP contribution in [0.2, 0.25) is 0 Å². The molecule has 0 aromatic carbocycles. The van der Waals surface area contributed by atoms with Gasteiger partial charge in [-0.05, 0) is 103 Å². The Hall–Kier alpha value is -1.64. The number of hydrogen-bond donors (Lipinski definition) is 0. The molecule has 1 aromatic rings. The molecule has 5 rings (SSSR count). The molecule has 3 fully saturated rings. The molecule has 0 saturated heterocycles. The molecule has 3 nitrogen and oxygen atoms in total. The first-order chi connectivity index (χ1) is 14.3. The minimum atomic E-state index is -0.116. The van der Waals surface area contributed by atoms with E-state index in [0.29, 0.717) is 16.2 Å². The maximum absolute atomic E-state index is 11.6. The van der Waals surface area contributed by atoms with Crippen LogP contribution in [-0.2, 0) is 9.53 Å². The Labute approximate surface area is 181 Å². The maximum Gasteiger partial charge on any atom is 0.302 e. The average molecular weight is 408 g/mol. The SMILES string of the molecule is CC(=O)O[C@H]1CC[C@]2(C)C3CC[C@]4(C)C(c5cccnc5)=CCC4C3CC[C@@]2(C)C1. The third-order valence-electron chi connectivity index (χ3n) is 10.2. The van der Waals surface area contributed by atoms with Crippen LogP contribution < -0.4 is 0 Å². The predicted octanol–water partition coefficient (Wildman–Crippen LogP) is 6.44. The number of fused-ring (bicyclic) bond motifs is 5. The number of allylic oxidation sites excluding steroid dienone is 2. The first kappa shape index (κ1) is 20.3. The van der Waals surface area contributed by atoms with Gasteiger partial charge < -0.3 is 4.74 Å². The molecule has 3 heteroatoms. The van der Waals surface area contributed by atoms with Crippen LogP contribution in [0.5, 0.6) is 0 Å². The molecule has 3 saturated carbocycles. The van der Waals surface area contributed by atoms with Crippen molar-refractivity contribution < 1.29 is 9.53 Å². The number of carbonyl (C=O) groups excluding carboxylic acids is 1. The molecule has 0 bridgehead atoms. The van der Waals surface area contributed by atoms with Gasteiger partial charge >= 0.3 is 5.97 Å². The Kier molecular flexibility index (Phi) is 4.69. The van der Waals surface area contributed by atoms with Crippen LogP contribution in [0.3, 0.4) is 0 Å². The van der Waals surface area contributed by atoms with Gasteiger partial charge in [0.1, 0.15) is 6.10 Å². The number of rotatable bonds is 2. The lowest BCUT2D eigenvalue weighted by atomic mass is 9.40. The van der Waals surface area contributed by atoms with Gasteiger partial charge in [-0.3, -0.25) is 9.78 Å². The van der Waals surface area contributed by atoms with E-state index in [-0.39, 0.29) is 12.1 Å². The zero-order valence-corrected chi connectivity index (χ0v) is 19.1. The number of esters is 1. The van der Waals surface area contributed by atoms with Gasteiger partial charge in [0.05, 0.1) is 0 Å². The predicted molar refractivity (Wildman–Crippen MR) is 119 cm³/mol. The first-order valence-corrected chi connectivity index (χ1v) is 12.1. The number of hydrogen-bond acceptors (Lipinski definition) is 3. The lowest BCUT2D eigenvalue weighted by molar-refractivity contribution is -0.178. The Morgan fingerprint density at radius 3 is 2.67 bits per heavy atom. The van der Waals surface area contributed by atoms with Gasteiger partial charge in [0, 0.05) is 19.3 Å². The van der Waals surface area contributed by atoms with Crippen molar-refractivity contribution in [2.75, 3.05) is 0 Å². The van der Waals surface area contributed by atoms with Gasteiger partial charge in [0.2, 0.25) is 0 Å². The summed E-state index contributed by atoms with van der Waals surface area (Å²) < 4.78 is 5.68. The molecule has 1 aromatic heterocycles. The number of carbonyl (C=O) groups is 1. The highest BCUT2D eigenvalue weighted by Gasteiger charge is 2.62. The second kappa shape index (κ2) is 6.93. The molecule has 0 aliphatic heterocycles. The molecule has 0 spiro atoms. The van der Waals surface area contributed by atoms with E-state index >= 15 is 0 Å². The highest BCUT2D eigenvalue weighted by Crippen LogP contribution is 2.70. The number of aromatic nitrogens is 1. The van der Waals surface area contributed by atoms with Gasteiger partial charge in [0.25, 0.3) is 0 Å². The van der Waals surface area contributed by atoms with Crippen LogP contribution in [0.15, 0.2) is 30.6 Å². The molecule has 0 radical (unpaired) electrons. The van der Waals surface area contributed by atoms with Gasteiger partial charge in [-0.15, -0.1) is 0 Å². The lowest BCUT2D eigenvalue weighted by Crippen LogP contribution is -2.58. The van der Waals surface area contributed by atoms with Crippen LogP contribution in [0.1, 0.15) is 84.6 Å². The number of ether oxygens (including phenoxy) is 1. The fourth-order valence-corrected chi connectivity index (χ4v) is 8.46. The molecule has 0 amide bonds. The van der Waals surface area contributed by atoms with Crippen LogP contribution >= 0.6 is 0 Å². The molecule has 7 atom stereocenters. The van der Waals surface area contributed by atoms with Crippen LogP contribution in [0.25, 0.3) is 5.57 Å². The lowest BCUT2D eigenvalue weighted by Gasteiger charge is -2.65. The summed E-state index contributed by atoms with van der Waals surface area (Å²) in [5, 5.41) is 0. The third-order valence-corrected chi connectivity index (χ3v) is 10.2. The van der Waals surface area contributed by atoms with Crippen molar-refractivity contribution in [3.8, 4) is 0 Å². The van der Waals surface area contributed by atoms with E-state index in [2.05, 4.69) is 50.2 Å². The zero-order chi connectivity index (χ0) is 21.1. The molecule has 30 heavy (non-hydrogen) atoms. The summed E-state index contributed by atoms with van der Waals surface area (Å²) in [5.41, 5.74) is 3.83. The van der Waals surface area contributed by atoms with Gasteiger partial charge in [-0.2, -0.15) is 0 Å². The molecule has 0 N–H and O–H groups in total. The molecule has 3 unspecified atom stereocenters. The minimum Gasteiger partial charge on any atom is -0.463 e. The van der Waals surface area contributed by atoms with E-state index in [4.69, 9.17) is 4.74 Å². The molecule has 4 aliphatic carbocycles. The van der Waals surface area contributed by atoms with E-state index in [1.165, 1.54) is 44.1 Å². The molecular weight excluding hydrogens is 370 g/mol. The molecule has 1 heterocycles. The van der Waals surface area contributed by atoms with E-state index < -0.39 is 0 Å². The summed E-state index contributed by atoms with van der Waals surface area (Å²) in [6.45, 7) is 9.18. The molecule has 4 aliphatic rings. The largest absolute Gasteiger partial charge is 0.463 e. The average Bonchev–Trinajstić information content (AvgIpc) is 3.06.